The van der Waals surface area contributed by atoms with Crippen LogP contribution in [0.3, 0.4) is 0 Å². The van der Waals surface area contributed by atoms with E-state index in [0.29, 0.717) is 39.9 Å². The number of likely N-dealkylation sites (N-methyl/N-ethyl adjacent to an activating group) is 1. The first-order chi connectivity index (χ1) is 18.2. The minimum Gasteiger partial charge on any atom is -0.481 e. The van der Waals surface area contributed by atoms with Crippen molar-refractivity contribution in [1.82, 2.24) is 10.3 Å². The number of rotatable bonds is 7. The van der Waals surface area contributed by atoms with Gasteiger partial charge in [0.15, 0.2) is 0 Å². The Kier molecular flexibility index (Phi) is 8.14. The number of anilines is 1. The summed E-state index contributed by atoms with van der Waals surface area (Å²) < 4.78 is 20.9. The van der Waals surface area contributed by atoms with Crippen molar-refractivity contribution in [3.8, 4) is 28.3 Å². The number of amides is 2. The second-order valence-corrected chi connectivity index (χ2v) is 9.56. The second-order valence-electron chi connectivity index (χ2n) is 9.18. The van der Waals surface area contributed by atoms with Crippen LogP contribution in [-0.2, 0) is 16.0 Å². The fourth-order valence-corrected chi connectivity index (χ4v) is 5.25. The summed E-state index contributed by atoms with van der Waals surface area (Å²) in [7, 11) is 3.02. The number of hydrogen-bond acceptors (Lipinski definition) is 5. The predicted molar refractivity (Wildman–Crippen MR) is 148 cm³/mol. The van der Waals surface area contributed by atoms with E-state index in [0.717, 1.165) is 24.0 Å². The second kappa shape index (κ2) is 11.3. The molecule has 4 N–H and O–H groups in total. The lowest BCUT2D eigenvalue weighted by Gasteiger charge is -2.17. The lowest BCUT2D eigenvalue weighted by molar-refractivity contribution is -0.121. The highest BCUT2D eigenvalue weighted by Gasteiger charge is 2.27. The van der Waals surface area contributed by atoms with Crippen LogP contribution in [-0.4, -0.2) is 37.5 Å². The third kappa shape index (κ3) is 5.01. The number of ether oxygens (including phenoxy) is 1. The molecule has 198 valence electrons. The number of nitrogens with two attached hydrogens (primary N) is 1. The number of nitrogens with one attached hydrogen (secondary N) is 2. The smallest absolute Gasteiger partial charge is 0.260 e. The Balaban J connectivity index is 1.78. The van der Waals surface area contributed by atoms with Crippen molar-refractivity contribution < 1.29 is 18.7 Å². The Hall–Kier alpha value is -3.75. The van der Waals surface area contributed by atoms with Crippen LogP contribution in [0.1, 0.15) is 36.0 Å². The molecule has 7 nitrogen and oxygen atoms in total. The van der Waals surface area contributed by atoms with Gasteiger partial charge in [0.1, 0.15) is 11.4 Å². The van der Waals surface area contributed by atoms with Crippen LogP contribution in [0, 0.1) is 12.7 Å². The summed E-state index contributed by atoms with van der Waals surface area (Å²) >= 11 is 6.86. The summed E-state index contributed by atoms with van der Waals surface area (Å²) in [6, 6.07) is 10.1. The predicted octanol–water partition coefficient (Wildman–Crippen LogP) is 5.14. The first kappa shape index (κ1) is 27.3. The van der Waals surface area contributed by atoms with Gasteiger partial charge < -0.3 is 21.1 Å². The number of halogens is 2. The van der Waals surface area contributed by atoms with E-state index in [9.17, 15) is 9.59 Å². The van der Waals surface area contributed by atoms with Crippen LogP contribution in [0.2, 0.25) is 5.02 Å². The molecule has 1 heterocycles. The first-order valence-corrected chi connectivity index (χ1v) is 12.7. The van der Waals surface area contributed by atoms with Crippen LogP contribution in [0.4, 0.5) is 10.1 Å². The minimum absolute atomic E-state index is 0.0171. The SMILES string of the molecule is CNC(=O)/C(=C\CN)C(=O)Nc1cccc(-c2c(F)ccc(-c3cc4c(c(OC)n3)C(C)CC4)c2Cl)c1C. The van der Waals surface area contributed by atoms with Gasteiger partial charge in [0.25, 0.3) is 11.8 Å². The molecule has 1 atom stereocenters. The molecule has 1 unspecified atom stereocenters. The Morgan fingerprint density at radius 2 is 2.00 bits per heavy atom. The molecule has 2 aromatic carbocycles. The molecule has 0 spiro atoms. The topological polar surface area (TPSA) is 106 Å². The average Bonchev–Trinajstić information content (AvgIpc) is 3.28. The number of pyridine rings is 1. The Labute approximate surface area is 226 Å². The van der Waals surface area contributed by atoms with Gasteiger partial charge >= 0.3 is 0 Å². The molecule has 2 amide bonds. The summed E-state index contributed by atoms with van der Waals surface area (Å²) in [4.78, 5) is 29.7. The quantitative estimate of drug-likeness (QED) is 0.220. The monoisotopic (exact) mass is 536 g/mol. The van der Waals surface area contributed by atoms with Crippen molar-refractivity contribution in [2.75, 3.05) is 26.0 Å². The number of carbonyl (C=O) groups is 2. The van der Waals surface area contributed by atoms with Gasteiger partial charge in [-0.15, -0.1) is 0 Å². The maximum atomic E-state index is 15.3. The van der Waals surface area contributed by atoms with Crippen LogP contribution < -0.4 is 21.1 Å². The van der Waals surface area contributed by atoms with Crippen LogP contribution in [0.25, 0.3) is 22.4 Å². The van der Waals surface area contributed by atoms with E-state index >= 15 is 4.39 Å². The Bertz CT molecular complexity index is 1450. The highest BCUT2D eigenvalue weighted by atomic mass is 35.5. The normalized spacial score (nSPS) is 14.7. The summed E-state index contributed by atoms with van der Waals surface area (Å²) in [5.41, 5.74) is 10.5. The van der Waals surface area contributed by atoms with E-state index in [1.54, 1.807) is 38.3 Å². The minimum atomic E-state index is -0.626. The van der Waals surface area contributed by atoms with Crippen molar-refractivity contribution >= 4 is 29.1 Å². The van der Waals surface area contributed by atoms with Crippen LogP contribution >= 0.6 is 11.6 Å². The number of carbonyl (C=O) groups excluding carboxylic acids is 2. The summed E-state index contributed by atoms with van der Waals surface area (Å²) in [5, 5.41) is 5.36. The zero-order valence-corrected chi connectivity index (χ0v) is 22.5. The number of aryl methyl sites for hydroxylation is 1. The first-order valence-electron chi connectivity index (χ1n) is 12.3. The molecule has 3 aromatic rings. The number of aromatic nitrogens is 1. The molecule has 0 radical (unpaired) electrons. The van der Waals surface area contributed by atoms with Crippen molar-refractivity contribution in [2.45, 2.75) is 32.6 Å². The Morgan fingerprint density at radius 1 is 1.24 bits per heavy atom. The number of nitrogens with zero attached hydrogens (tertiary/aromatic N) is 1. The third-order valence-electron chi connectivity index (χ3n) is 6.90. The molecule has 0 fully saturated rings. The molecule has 9 heteroatoms. The van der Waals surface area contributed by atoms with Gasteiger partial charge in [-0.3, -0.25) is 9.59 Å². The molecular weight excluding hydrogens is 507 g/mol. The molecule has 1 aliphatic carbocycles. The summed E-state index contributed by atoms with van der Waals surface area (Å²) in [6.45, 7) is 3.91. The maximum Gasteiger partial charge on any atom is 0.260 e. The lowest BCUT2D eigenvalue weighted by atomic mass is 9.95. The summed E-state index contributed by atoms with van der Waals surface area (Å²) in [5.74, 6) is -0.789. The summed E-state index contributed by atoms with van der Waals surface area (Å²) in [6.07, 6.45) is 3.26. The zero-order valence-electron chi connectivity index (χ0n) is 21.7. The molecule has 4 rings (SSSR count). The highest BCUT2D eigenvalue weighted by molar-refractivity contribution is 6.36. The third-order valence-corrected chi connectivity index (χ3v) is 7.29. The molecule has 38 heavy (non-hydrogen) atoms. The van der Waals surface area contributed by atoms with Gasteiger partial charge in [-0.05, 0) is 66.6 Å². The van der Waals surface area contributed by atoms with Crippen LogP contribution in [0.5, 0.6) is 5.88 Å². The molecule has 0 aliphatic heterocycles. The van der Waals surface area contributed by atoms with E-state index in [4.69, 9.17) is 27.1 Å². The fourth-order valence-electron chi connectivity index (χ4n) is 4.90. The molecule has 0 bridgehead atoms. The van der Waals surface area contributed by atoms with E-state index in [1.807, 2.05) is 6.07 Å². The number of methoxy groups -OCH3 is 1. The average molecular weight is 537 g/mol. The largest absolute Gasteiger partial charge is 0.481 e. The van der Waals surface area contributed by atoms with Gasteiger partial charge in [-0.1, -0.05) is 36.7 Å². The molecule has 0 saturated carbocycles. The standard InChI is InChI=1S/C29H30ClFN4O3/c1-15-8-9-17-14-23(35-29(38-4)24(15)17)19-10-11-21(31)25(26(19)30)18-6-5-7-22(16(18)2)34-28(37)20(12-13-32)27(36)33-3/h5-7,10-12,14-15H,8-9,13,32H2,1-4H3,(H,33,36)(H,34,37)/b20-12+. The molecule has 0 saturated heterocycles. The van der Waals surface area contributed by atoms with E-state index in [-0.39, 0.29) is 22.7 Å². The molecule has 1 aromatic heterocycles. The fraction of sp³-hybridized carbons (Fsp3) is 0.276. The van der Waals surface area contributed by atoms with Gasteiger partial charge in [0, 0.05) is 36.0 Å². The van der Waals surface area contributed by atoms with E-state index in [1.165, 1.54) is 19.2 Å². The van der Waals surface area contributed by atoms with Gasteiger partial charge in [0.05, 0.1) is 17.8 Å². The number of fused-ring (bicyclic) bond motifs is 1. The molecular formula is C29H30ClFN4O3. The molecule has 1 aliphatic rings. The van der Waals surface area contributed by atoms with Crippen molar-refractivity contribution in [1.29, 1.82) is 0 Å². The van der Waals surface area contributed by atoms with Gasteiger partial charge in [-0.25, -0.2) is 9.37 Å². The van der Waals surface area contributed by atoms with Crippen molar-refractivity contribution in [3.63, 3.8) is 0 Å². The van der Waals surface area contributed by atoms with Crippen molar-refractivity contribution in [2.24, 2.45) is 5.73 Å². The highest BCUT2D eigenvalue weighted by Crippen LogP contribution is 2.44. The van der Waals surface area contributed by atoms with E-state index < -0.39 is 17.6 Å². The number of benzene rings is 2. The lowest BCUT2D eigenvalue weighted by Crippen LogP contribution is -2.29. The van der Waals surface area contributed by atoms with E-state index in [2.05, 4.69) is 17.6 Å². The maximum absolute atomic E-state index is 15.3. The zero-order chi connectivity index (χ0) is 27.6. The van der Waals surface area contributed by atoms with Crippen LogP contribution in [0.15, 0.2) is 48.0 Å². The number of hydrogen-bond donors (Lipinski definition) is 3. The van der Waals surface area contributed by atoms with Gasteiger partial charge in [-0.2, -0.15) is 0 Å². The Morgan fingerprint density at radius 3 is 2.68 bits per heavy atom. The van der Waals surface area contributed by atoms with Crippen molar-refractivity contribution in [3.05, 3.63) is 75.6 Å². The van der Waals surface area contributed by atoms with Gasteiger partial charge in [0.2, 0.25) is 5.88 Å².